The molecule has 2 saturated heterocycles. The monoisotopic (exact) mass is 521 g/mol. The molecule has 2 fully saturated rings. The van der Waals surface area contributed by atoms with Crippen LogP contribution in [0.3, 0.4) is 0 Å². The average molecular weight is 522 g/mol. The van der Waals surface area contributed by atoms with Crippen LogP contribution in [0.5, 0.6) is 0 Å². The van der Waals surface area contributed by atoms with Gasteiger partial charge in [-0.15, -0.1) is 0 Å². The van der Waals surface area contributed by atoms with Gasteiger partial charge in [-0.3, -0.25) is 9.05 Å². The van der Waals surface area contributed by atoms with Crippen molar-refractivity contribution in [1.82, 2.24) is 19.6 Å². The van der Waals surface area contributed by atoms with Crippen LogP contribution in [0.4, 0.5) is 5.82 Å². The number of rotatable bonds is 9. The molecule has 0 spiro atoms. The highest BCUT2D eigenvalue weighted by molar-refractivity contribution is 8.76. The Balaban J connectivity index is 1.22. The largest absolute Gasteiger partial charge is 0.406 e. The molecule has 4 unspecified atom stereocenters. The van der Waals surface area contributed by atoms with Crippen molar-refractivity contribution in [3.8, 4) is 0 Å². The number of benzene rings is 1. The summed E-state index contributed by atoms with van der Waals surface area (Å²) in [4.78, 5) is 8.40. The fourth-order valence-corrected chi connectivity index (χ4v) is 8.03. The van der Waals surface area contributed by atoms with Gasteiger partial charge in [-0.2, -0.15) is 0 Å². The zero-order chi connectivity index (χ0) is 23.4. The van der Waals surface area contributed by atoms with E-state index in [1.165, 1.54) is 6.33 Å². The van der Waals surface area contributed by atoms with E-state index in [2.05, 4.69) is 15.1 Å². The minimum Gasteiger partial charge on any atom is -0.383 e. The van der Waals surface area contributed by atoms with E-state index in [-0.39, 0.29) is 25.0 Å². The van der Waals surface area contributed by atoms with E-state index in [0.717, 1.165) is 47.4 Å². The lowest BCUT2D eigenvalue weighted by molar-refractivity contribution is -0.0199. The molecule has 34 heavy (non-hydrogen) atoms. The predicted molar refractivity (Wildman–Crippen MR) is 136 cm³/mol. The summed E-state index contributed by atoms with van der Waals surface area (Å²) in [7, 11) is 0.0306. The molecule has 0 amide bonds. The van der Waals surface area contributed by atoms with Crippen LogP contribution in [0, 0.1) is 0 Å². The summed E-state index contributed by atoms with van der Waals surface area (Å²) in [6.07, 6.45) is 5.30. The predicted octanol–water partition coefficient (Wildman–Crippen LogP) is 4.78. The van der Waals surface area contributed by atoms with Crippen LogP contribution < -0.4 is 10.8 Å². The molecular formula is C22H28N5O4PS2. The van der Waals surface area contributed by atoms with Crippen molar-refractivity contribution in [2.24, 2.45) is 0 Å². The van der Waals surface area contributed by atoms with Gasteiger partial charge in [0, 0.05) is 24.2 Å². The van der Waals surface area contributed by atoms with E-state index in [0.29, 0.717) is 12.4 Å². The van der Waals surface area contributed by atoms with Gasteiger partial charge in [0.15, 0.2) is 0 Å². The molecule has 0 radical (unpaired) electrons. The highest BCUT2D eigenvalue weighted by Crippen LogP contribution is 2.48. The minimum absolute atomic E-state index is 0.103. The quantitative estimate of drug-likeness (QED) is 0.301. The first-order valence-corrected chi connectivity index (χ1v) is 15.3. The van der Waals surface area contributed by atoms with E-state index >= 15 is 0 Å². The third-order valence-electron chi connectivity index (χ3n) is 5.83. The van der Waals surface area contributed by atoms with Crippen molar-refractivity contribution in [3.05, 3.63) is 54.5 Å². The van der Waals surface area contributed by atoms with Crippen LogP contribution in [-0.2, 0) is 24.9 Å². The van der Waals surface area contributed by atoms with Gasteiger partial charge in [0.25, 0.3) is 0 Å². The summed E-state index contributed by atoms with van der Waals surface area (Å²) in [5.41, 5.74) is 7.71. The van der Waals surface area contributed by atoms with E-state index in [9.17, 15) is 4.57 Å². The average Bonchev–Trinajstić information content (AvgIpc) is 3.51. The lowest BCUT2D eigenvalue weighted by Crippen LogP contribution is -2.26. The molecule has 12 heteroatoms. The van der Waals surface area contributed by atoms with Gasteiger partial charge in [-0.05, 0) is 30.9 Å². The third kappa shape index (κ3) is 5.79. The summed E-state index contributed by atoms with van der Waals surface area (Å²) in [6, 6.07) is 11.7. The van der Waals surface area contributed by atoms with Crippen LogP contribution in [0.1, 0.15) is 31.1 Å². The zero-order valence-electron chi connectivity index (χ0n) is 18.6. The van der Waals surface area contributed by atoms with E-state index in [1.54, 1.807) is 10.8 Å². The molecule has 2 aliphatic heterocycles. The van der Waals surface area contributed by atoms with Crippen molar-refractivity contribution in [2.45, 2.75) is 44.2 Å². The van der Waals surface area contributed by atoms with Gasteiger partial charge in [0.2, 0.25) is 0 Å². The van der Waals surface area contributed by atoms with E-state index < -0.39 is 7.75 Å². The molecule has 4 heterocycles. The first-order chi connectivity index (χ1) is 16.6. The highest BCUT2D eigenvalue weighted by atomic mass is 33.1. The van der Waals surface area contributed by atoms with Crippen molar-refractivity contribution >= 4 is 46.2 Å². The second-order valence-electron chi connectivity index (χ2n) is 8.25. The molecule has 3 N–H and O–H groups in total. The van der Waals surface area contributed by atoms with Crippen molar-refractivity contribution in [3.63, 3.8) is 0 Å². The maximum absolute atomic E-state index is 13.7. The lowest BCUT2D eigenvalue weighted by Gasteiger charge is -2.27. The Labute approximate surface area is 206 Å². The molecule has 4 atom stereocenters. The number of anilines is 1. The second kappa shape index (κ2) is 11.0. The van der Waals surface area contributed by atoms with Gasteiger partial charge in [-0.25, -0.2) is 19.6 Å². The molecule has 0 aliphatic carbocycles. The molecule has 5 rings (SSSR count). The first-order valence-electron chi connectivity index (χ1n) is 11.3. The Kier molecular flexibility index (Phi) is 7.80. The number of hydrogen-bond donors (Lipinski definition) is 2. The van der Waals surface area contributed by atoms with Gasteiger partial charge in [-0.1, -0.05) is 51.9 Å². The van der Waals surface area contributed by atoms with Gasteiger partial charge >= 0.3 is 7.75 Å². The van der Waals surface area contributed by atoms with Crippen LogP contribution >= 0.6 is 29.3 Å². The lowest BCUT2D eigenvalue weighted by atomic mass is 10.2. The van der Waals surface area contributed by atoms with Crippen molar-refractivity contribution < 1.29 is 18.3 Å². The SMILES string of the molecule is Nc1ncnc2c1ccn2C1CCC(COP(=O)(NCc2ccccc2)OC2CCSSC2)O1. The van der Waals surface area contributed by atoms with Gasteiger partial charge in [0.1, 0.15) is 24.0 Å². The molecule has 182 valence electrons. The Morgan fingerprint density at radius 2 is 2.06 bits per heavy atom. The smallest absolute Gasteiger partial charge is 0.383 e. The maximum Gasteiger partial charge on any atom is 0.406 e. The number of nitrogen functional groups attached to an aromatic ring is 1. The van der Waals surface area contributed by atoms with Crippen LogP contribution in [-0.4, -0.2) is 44.9 Å². The topological polar surface area (TPSA) is 114 Å². The number of nitrogens with zero attached hydrogens (tertiary/aromatic N) is 3. The summed E-state index contributed by atoms with van der Waals surface area (Å²) in [6.45, 7) is 0.581. The highest BCUT2D eigenvalue weighted by Gasteiger charge is 2.34. The maximum atomic E-state index is 13.7. The third-order valence-corrected chi connectivity index (χ3v) is 9.93. The second-order valence-corrected chi connectivity index (χ2v) is 12.7. The summed E-state index contributed by atoms with van der Waals surface area (Å²) >= 11 is 0. The molecule has 1 aromatic carbocycles. The van der Waals surface area contributed by atoms with E-state index in [1.807, 2.05) is 58.0 Å². The standard InChI is InChI=1S/C22H28N5O4PS2/c23-21-19-8-10-27(22(19)25-15-24-21)20-7-6-17(30-20)13-29-32(28,31-18-9-11-33-34-14-18)26-12-16-4-2-1-3-5-16/h1-5,8,10,15,17-18,20H,6-7,9,11-14H2,(H,26,28)(H2,23,24,25). The Morgan fingerprint density at radius 1 is 1.18 bits per heavy atom. The van der Waals surface area contributed by atoms with Crippen LogP contribution in [0.25, 0.3) is 11.0 Å². The zero-order valence-corrected chi connectivity index (χ0v) is 21.1. The summed E-state index contributed by atoms with van der Waals surface area (Å²) in [5.74, 6) is 2.21. The normalized spacial score (nSPS) is 24.9. The number of ether oxygens (including phenoxy) is 1. The van der Waals surface area contributed by atoms with Crippen molar-refractivity contribution in [1.29, 1.82) is 0 Å². The molecule has 9 nitrogen and oxygen atoms in total. The number of aromatic nitrogens is 3. The molecule has 0 bridgehead atoms. The van der Waals surface area contributed by atoms with Crippen LogP contribution in [0.2, 0.25) is 0 Å². The summed E-state index contributed by atoms with van der Waals surface area (Å²) in [5, 5.41) is 3.86. The first kappa shape index (κ1) is 24.1. The van der Waals surface area contributed by atoms with E-state index in [4.69, 9.17) is 19.5 Å². The molecule has 0 saturated carbocycles. The van der Waals surface area contributed by atoms with Gasteiger partial charge in [0.05, 0.1) is 24.2 Å². The fraction of sp³-hybridized carbons (Fsp3) is 0.455. The van der Waals surface area contributed by atoms with Crippen LogP contribution in [0.15, 0.2) is 48.9 Å². The molecular weight excluding hydrogens is 493 g/mol. The number of nitrogens with one attached hydrogen (secondary N) is 1. The number of fused-ring (bicyclic) bond motifs is 1. The Morgan fingerprint density at radius 3 is 2.88 bits per heavy atom. The Hall–Kier alpha value is -1.59. The molecule has 3 aromatic rings. The number of nitrogens with two attached hydrogens (primary N) is 1. The number of hydrogen-bond acceptors (Lipinski definition) is 9. The Bertz CT molecular complexity index is 1140. The van der Waals surface area contributed by atoms with Gasteiger partial charge < -0.3 is 15.0 Å². The fourth-order valence-electron chi connectivity index (χ4n) is 4.04. The molecule has 2 aromatic heterocycles. The molecule has 2 aliphatic rings. The summed E-state index contributed by atoms with van der Waals surface area (Å²) < 4.78 is 33.8. The minimum atomic E-state index is -3.53. The van der Waals surface area contributed by atoms with Crippen molar-refractivity contribution in [2.75, 3.05) is 23.8 Å².